The van der Waals surface area contributed by atoms with E-state index in [1.807, 2.05) is 0 Å². The molecule has 0 radical (unpaired) electrons. The molecule has 1 aromatic carbocycles. The highest BCUT2D eigenvalue weighted by Gasteiger charge is 2.16. The molecule has 0 spiro atoms. The lowest BCUT2D eigenvalue weighted by Gasteiger charge is -2.15. The van der Waals surface area contributed by atoms with Crippen LogP contribution in [0.2, 0.25) is 30.7 Å². The molecule has 1 N–H and O–H groups in total. The van der Waals surface area contributed by atoms with Crippen molar-refractivity contribution >= 4 is 52.3 Å². The molecule has 0 atom stereocenters. The van der Waals surface area contributed by atoms with Crippen LogP contribution in [0.1, 0.15) is 5.56 Å². The average molecular weight is 528 g/mol. The van der Waals surface area contributed by atoms with Crippen LogP contribution in [-0.2, 0) is 28.0 Å². The van der Waals surface area contributed by atoms with E-state index in [4.69, 9.17) is 16.3 Å². The van der Waals surface area contributed by atoms with Crippen LogP contribution in [0.3, 0.4) is 0 Å². The van der Waals surface area contributed by atoms with Crippen LogP contribution >= 0.6 is 34.2 Å². The van der Waals surface area contributed by atoms with E-state index in [2.05, 4.69) is 52.1 Å². The minimum atomic E-state index is -3.60. The van der Waals surface area contributed by atoms with Crippen LogP contribution in [0.4, 0.5) is 0 Å². The van der Waals surface area contributed by atoms with Gasteiger partial charge in [0.25, 0.3) is 0 Å². The normalized spacial score (nSPS) is 12.5. The first-order valence-corrected chi connectivity index (χ1v) is 14.8. The van der Waals surface area contributed by atoms with E-state index in [9.17, 15) is 8.42 Å². The van der Waals surface area contributed by atoms with Crippen LogP contribution in [0, 0.1) is 3.70 Å². The van der Waals surface area contributed by atoms with Gasteiger partial charge in [0.1, 0.15) is 10.4 Å². The number of hydrogen-bond donors (Lipinski definition) is 1. The molecule has 0 unspecified atom stereocenters. The van der Waals surface area contributed by atoms with Gasteiger partial charge < -0.3 is 4.74 Å². The van der Waals surface area contributed by atoms with Gasteiger partial charge in [-0.3, -0.25) is 0 Å². The fraction of sp³-hybridized carbons (Fsp3) is 0.438. The standard InChI is InChI=1S/C16H23ClIN3O3SSi/c1-26(2,3)9-8-24-12-21-11-13(16(18)20-21)10-19-25(22,23)15-6-4-14(17)5-7-15/h4-7,11,19H,8-10,12H2,1-3H3. The molecule has 144 valence electrons. The minimum absolute atomic E-state index is 0.165. The predicted molar refractivity (Wildman–Crippen MR) is 115 cm³/mol. The lowest BCUT2D eigenvalue weighted by atomic mass is 10.4. The maximum Gasteiger partial charge on any atom is 0.240 e. The number of ether oxygens (including phenoxy) is 1. The first-order chi connectivity index (χ1) is 12.1. The van der Waals surface area contributed by atoms with E-state index >= 15 is 0 Å². The minimum Gasteiger partial charge on any atom is -0.360 e. The van der Waals surface area contributed by atoms with Crippen molar-refractivity contribution in [3.8, 4) is 0 Å². The molecule has 0 aliphatic rings. The van der Waals surface area contributed by atoms with Crippen LogP contribution < -0.4 is 4.72 Å². The second-order valence-electron chi connectivity index (χ2n) is 7.11. The summed E-state index contributed by atoms with van der Waals surface area (Å²) in [6, 6.07) is 7.15. The predicted octanol–water partition coefficient (Wildman–Crippen LogP) is 3.93. The van der Waals surface area contributed by atoms with Crippen molar-refractivity contribution in [2.24, 2.45) is 0 Å². The molecule has 2 aromatic rings. The summed E-state index contributed by atoms with van der Waals surface area (Å²) in [6.45, 7) is 8.15. The number of halogens is 2. The van der Waals surface area contributed by atoms with Gasteiger partial charge in [-0.05, 0) is 52.9 Å². The summed E-state index contributed by atoms with van der Waals surface area (Å²) in [5.74, 6) is 0. The highest BCUT2D eigenvalue weighted by Crippen LogP contribution is 2.16. The first kappa shape index (κ1) is 21.8. The number of rotatable bonds is 9. The Bertz CT molecular complexity index is 835. The Labute approximate surface area is 174 Å². The maximum absolute atomic E-state index is 12.3. The van der Waals surface area contributed by atoms with E-state index in [0.29, 0.717) is 18.4 Å². The van der Waals surface area contributed by atoms with Gasteiger partial charge in [-0.25, -0.2) is 17.8 Å². The Kier molecular flexibility index (Phi) is 7.69. The summed E-state index contributed by atoms with van der Waals surface area (Å²) < 4.78 is 35.4. The lowest BCUT2D eigenvalue weighted by Crippen LogP contribution is -2.23. The van der Waals surface area contributed by atoms with Gasteiger partial charge in [-0.1, -0.05) is 31.2 Å². The molecule has 0 bridgehead atoms. The maximum atomic E-state index is 12.3. The summed E-state index contributed by atoms with van der Waals surface area (Å²) in [7, 11) is -4.71. The van der Waals surface area contributed by atoms with Crippen molar-refractivity contribution < 1.29 is 13.2 Å². The molecule has 0 fully saturated rings. The summed E-state index contributed by atoms with van der Waals surface area (Å²) in [5, 5.41) is 4.86. The number of aromatic nitrogens is 2. The fourth-order valence-corrected chi connectivity index (χ4v) is 4.53. The second-order valence-corrected chi connectivity index (χ2v) is 16.0. The molecular weight excluding hydrogens is 505 g/mol. The lowest BCUT2D eigenvalue weighted by molar-refractivity contribution is 0.0783. The molecule has 26 heavy (non-hydrogen) atoms. The van der Waals surface area contributed by atoms with E-state index in [-0.39, 0.29) is 11.4 Å². The summed E-state index contributed by atoms with van der Waals surface area (Å²) in [5.41, 5.74) is 0.803. The molecule has 0 aliphatic carbocycles. The van der Waals surface area contributed by atoms with E-state index in [0.717, 1.165) is 15.3 Å². The molecule has 0 saturated carbocycles. The van der Waals surface area contributed by atoms with E-state index in [1.165, 1.54) is 12.1 Å². The monoisotopic (exact) mass is 527 g/mol. The zero-order valence-electron chi connectivity index (χ0n) is 15.0. The molecule has 1 aromatic heterocycles. The molecule has 2 rings (SSSR count). The van der Waals surface area contributed by atoms with Gasteiger partial charge in [-0.2, -0.15) is 5.10 Å². The summed E-state index contributed by atoms with van der Waals surface area (Å²) >= 11 is 7.89. The smallest absolute Gasteiger partial charge is 0.240 e. The SMILES string of the molecule is C[Si](C)(C)CCOCn1cc(CNS(=O)(=O)c2ccc(Cl)cc2)c(I)n1. The van der Waals surface area contributed by atoms with Crippen LogP contribution in [0.25, 0.3) is 0 Å². The summed E-state index contributed by atoms with van der Waals surface area (Å²) in [6.07, 6.45) is 1.81. The van der Waals surface area contributed by atoms with Gasteiger partial charge in [0, 0.05) is 38.0 Å². The van der Waals surface area contributed by atoms with Gasteiger partial charge in [-0.15, -0.1) is 0 Å². The highest BCUT2D eigenvalue weighted by atomic mass is 127. The third kappa shape index (κ3) is 6.93. The van der Waals surface area contributed by atoms with Gasteiger partial charge >= 0.3 is 0 Å². The number of hydrogen-bond acceptors (Lipinski definition) is 4. The molecule has 6 nitrogen and oxygen atoms in total. The van der Waals surface area contributed by atoms with Crippen molar-refractivity contribution in [2.45, 2.75) is 43.9 Å². The quantitative estimate of drug-likeness (QED) is 0.305. The largest absolute Gasteiger partial charge is 0.360 e. The summed E-state index contributed by atoms with van der Waals surface area (Å²) in [4.78, 5) is 0.180. The second kappa shape index (κ2) is 9.15. The third-order valence-corrected chi connectivity index (χ3v) is 7.86. The Morgan fingerprint density at radius 1 is 1.27 bits per heavy atom. The van der Waals surface area contributed by atoms with Crippen LogP contribution in [0.15, 0.2) is 35.4 Å². The highest BCUT2D eigenvalue weighted by molar-refractivity contribution is 14.1. The Morgan fingerprint density at radius 2 is 1.92 bits per heavy atom. The zero-order valence-corrected chi connectivity index (χ0v) is 19.7. The van der Waals surface area contributed by atoms with Gasteiger partial charge in [0.05, 0.1) is 4.90 Å². The topological polar surface area (TPSA) is 73.2 Å². The van der Waals surface area contributed by atoms with E-state index < -0.39 is 18.1 Å². The van der Waals surface area contributed by atoms with E-state index in [1.54, 1.807) is 23.0 Å². The zero-order chi connectivity index (χ0) is 19.4. The number of benzene rings is 1. The molecular formula is C16H23ClIN3O3SSi. The molecule has 10 heteroatoms. The fourth-order valence-electron chi connectivity index (χ4n) is 2.03. The van der Waals surface area contributed by atoms with Gasteiger partial charge in [0.2, 0.25) is 10.0 Å². The van der Waals surface area contributed by atoms with Crippen molar-refractivity contribution in [1.82, 2.24) is 14.5 Å². The van der Waals surface area contributed by atoms with Crippen molar-refractivity contribution in [1.29, 1.82) is 0 Å². The number of nitrogens with zero attached hydrogens (tertiary/aromatic N) is 2. The van der Waals surface area contributed by atoms with Crippen LogP contribution in [-0.4, -0.2) is 32.9 Å². The number of nitrogens with one attached hydrogen (secondary N) is 1. The van der Waals surface area contributed by atoms with Crippen molar-refractivity contribution in [3.63, 3.8) is 0 Å². The molecule has 0 amide bonds. The van der Waals surface area contributed by atoms with Gasteiger partial charge in [0.15, 0.2) is 0 Å². The molecule has 1 heterocycles. The Hall–Kier alpha value is -0.463. The number of sulfonamides is 1. The Balaban J connectivity index is 1.92. The Morgan fingerprint density at radius 3 is 2.54 bits per heavy atom. The van der Waals surface area contributed by atoms with Crippen molar-refractivity contribution in [2.75, 3.05) is 6.61 Å². The molecule has 0 aliphatic heterocycles. The van der Waals surface area contributed by atoms with Crippen molar-refractivity contribution in [3.05, 3.63) is 44.7 Å². The van der Waals surface area contributed by atoms with Crippen LogP contribution in [0.5, 0.6) is 0 Å². The third-order valence-electron chi connectivity index (χ3n) is 3.58. The average Bonchev–Trinajstić information content (AvgIpc) is 2.89. The molecule has 0 saturated heterocycles. The first-order valence-electron chi connectivity index (χ1n) is 8.12.